The zero-order valence-electron chi connectivity index (χ0n) is 9.03. The number of hydrazine groups is 1. The fourth-order valence-electron chi connectivity index (χ4n) is 1.01. The first kappa shape index (κ1) is 12.3. The van der Waals surface area contributed by atoms with Gasteiger partial charge in [-0.3, -0.25) is 5.01 Å². The third-order valence-corrected chi connectivity index (χ3v) is 3.06. The summed E-state index contributed by atoms with van der Waals surface area (Å²) in [5.74, 6) is 0. The topological polar surface area (TPSA) is 32.3 Å². The van der Waals surface area contributed by atoms with E-state index in [9.17, 15) is 4.57 Å². The quantitative estimate of drug-likeness (QED) is 0.663. The fourth-order valence-corrected chi connectivity index (χ4v) is 2.23. The van der Waals surface area contributed by atoms with Crippen molar-refractivity contribution >= 4 is 7.14 Å². The fraction of sp³-hybridized carbons (Fsp3) is 0.556. The van der Waals surface area contributed by atoms with E-state index in [0.717, 1.165) is 5.44 Å². The third kappa shape index (κ3) is 3.69. The molecular formula is C9H19N2OP. The number of nitrogens with zero attached hydrogens (tertiary/aromatic N) is 1. The summed E-state index contributed by atoms with van der Waals surface area (Å²) in [5, 5.41) is 1.78. The van der Waals surface area contributed by atoms with E-state index in [-0.39, 0.29) is 0 Å². The molecular weight excluding hydrogens is 183 g/mol. The Bertz CT molecular complexity index is 252. The van der Waals surface area contributed by atoms with Gasteiger partial charge in [0.2, 0.25) is 0 Å². The van der Waals surface area contributed by atoms with Gasteiger partial charge in [0.05, 0.1) is 5.44 Å². The first-order valence-corrected chi connectivity index (χ1v) is 7.04. The molecule has 0 saturated heterocycles. The minimum Gasteiger partial charge on any atom is -0.318 e. The monoisotopic (exact) mass is 202 g/mol. The lowest BCUT2D eigenvalue weighted by Gasteiger charge is -2.26. The zero-order valence-corrected chi connectivity index (χ0v) is 9.93. The first-order valence-electron chi connectivity index (χ1n) is 4.44. The lowest BCUT2D eigenvalue weighted by atomic mass is 10.5. The van der Waals surface area contributed by atoms with Crippen molar-refractivity contribution in [2.75, 3.05) is 20.4 Å². The van der Waals surface area contributed by atoms with Crippen LogP contribution >= 0.6 is 7.14 Å². The molecule has 0 aromatic heterocycles. The molecule has 0 unspecified atom stereocenters. The molecule has 0 fully saturated rings. The molecule has 0 aromatic rings. The Morgan fingerprint density at radius 1 is 1.38 bits per heavy atom. The van der Waals surface area contributed by atoms with E-state index in [0.29, 0.717) is 0 Å². The minimum atomic E-state index is -2.12. The van der Waals surface area contributed by atoms with Gasteiger partial charge in [0.15, 0.2) is 0 Å². The van der Waals surface area contributed by atoms with Crippen molar-refractivity contribution in [1.29, 1.82) is 0 Å². The highest BCUT2D eigenvalue weighted by Gasteiger charge is 2.18. The summed E-state index contributed by atoms with van der Waals surface area (Å²) in [6.45, 7) is 7.52. The van der Waals surface area contributed by atoms with Crippen molar-refractivity contribution in [3.8, 4) is 0 Å². The average Bonchev–Trinajstić information content (AvgIpc) is 2.07. The molecule has 76 valence electrons. The Kier molecular flexibility index (Phi) is 4.86. The normalized spacial score (nSPS) is 15.5. The van der Waals surface area contributed by atoms with Crippen LogP contribution in [-0.4, -0.2) is 25.4 Å². The van der Waals surface area contributed by atoms with Gasteiger partial charge in [0, 0.05) is 13.2 Å². The molecule has 1 aliphatic heterocycles. The van der Waals surface area contributed by atoms with Gasteiger partial charge in [0.1, 0.15) is 7.14 Å². The Morgan fingerprint density at radius 2 is 1.92 bits per heavy atom. The molecule has 0 bridgehead atoms. The van der Waals surface area contributed by atoms with Gasteiger partial charge in [0.25, 0.3) is 0 Å². The molecule has 0 amide bonds. The number of nitrogens with one attached hydrogen (secondary N) is 1. The molecule has 0 aliphatic carbocycles. The van der Waals surface area contributed by atoms with Crippen LogP contribution in [0.25, 0.3) is 0 Å². The highest BCUT2D eigenvalue weighted by atomic mass is 31.2. The predicted octanol–water partition coefficient (Wildman–Crippen LogP) is 2.44. The first-order chi connectivity index (χ1) is 6.02. The molecule has 4 heteroatoms. The van der Waals surface area contributed by atoms with Gasteiger partial charge in [-0.05, 0) is 25.5 Å². The molecule has 1 rings (SSSR count). The molecule has 1 N–H and O–H groups in total. The summed E-state index contributed by atoms with van der Waals surface area (Å²) >= 11 is 0. The van der Waals surface area contributed by atoms with Crippen LogP contribution in [0.15, 0.2) is 23.8 Å². The molecule has 0 radical (unpaired) electrons. The summed E-state index contributed by atoms with van der Waals surface area (Å²) in [6.07, 6.45) is 5.53. The van der Waals surface area contributed by atoms with Crippen molar-refractivity contribution in [3.05, 3.63) is 23.8 Å². The standard InChI is InChI=1S/C7H13N2OP.C2H6/c1-9-7(11(2,3)10)5-4-6-8-9;1-2/h4-6,8H,1-3H3;1-2H3. The summed E-state index contributed by atoms with van der Waals surface area (Å²) in [5.41, 5.74) is 3.81. The van der Waals surface area contributed by atoms with Crippen molar-refractivity contribution in [1.82, 2.24) is 10.4 Å². The van der Waals surface area contributed by atoms with Crippen LogP contribution in [0.4, 0.5) is 0 Å². The van der Waals surface area contributed by atoms with Crippen LogP contribution in [0.5, 0.6) is 0 Å². The van der Waals surface area contributed by atoms with Crippen molar-refractivity contribution in [2.45, 2.75) is 13.8 Å². The van der Waals surface area contributed by atoms with E-state index >= 15 is 0 Å². The van der Waals surface area contributed by atoms with Crippen molar-refractivity contribution < 1.29 is 4.57 Å². The van der Waals surface area contributed by atoms with E-state index in [1.54, 1.807) is 24.5 Å². The lowest BCUT2D eigenvalue weighted by molar-refractivity contribution is 0.366. The highest BCUT2D eigenvalue weighted by molar-refractivity contribution is 7.66. The maximum absolute atomic E-state index is 11.6. The molecule has 13 heavy (non-hydrogen) atoms. The second-order valence-electron chi connectivity index (χ2n) is 2.92. The Morgan fingerprint density at radius 3 is 2.23 bits per heavy atom. The van der Waals surface area contributed by atoms with Crippen molar-refractivity contribution in [2.24, 2.45) is 0 Å². The van der Waals surface area contributed by atoms with Gasteiger partial charge in [-0.1, -0.05) is 13.8 Å². The largest absolute Gasteiger partial charge is 0.318 e. The molecule has 3 nitrogen and oxygen atoms in total. The second-order valence-corrected chi connectivity index (χ2v) is 6.08. The van der Waals surface area contributed by atoms with E-state index in [1.165, 1.54) is 0 Å². The van der Waals surface area contributed by atoms with Gasteiger partial charge in [-0.25, -0.2) is 0 Å². The zero-order chi connectivity index (χ0) is 10.5. The van der Waals surface area contributed by atoms with Crippen LogP contribution in [0.1, 0.15) is 13.8 Å². The molecule has 0 atom stereocenters. The molecule has 1 heterocycles. The van der Waals surface area contributed by atoms with E-state index in [4.69, 9.17) is 0 Å². The third-order valence-electron chi connectivity index (χ3n) is 1.51. The number of hydrogen-bond donors (Lipinski definition) is 1. The average molecular weight is 202 g/mol. The number of rotatable bonds is 1. The summed E-state index contributed by atoms with van der Waals surface area (Å²) in [4.78, 5) is 0. The van der Waals surface area contributed by atoms with E-state index in [2.05, 4.69) is 5.43 Å². The van der Waals surface area contributed by atoms with Gasteiger partial charge >= 0.3 is 0 Å². The summed E-state index contributed by atoms with van der Waals surface area (Å²) < 4.78 is 11.6. The minimum absolute atomic E-state index is 0.861. The highest BCUT2D eigenvalue weighted by Crippen LogP contribution is 2.47. The smallest absolute Gasteiger partial charge is 0.126 e. The maximum Gasteiger partial charge on any atom is 0.126 e. The van der Waals surface area contributed by atoms with Crippen molar-refractivity contribution in [3.63, 3.8) is 0 Å². The second kappa shape index (κ2) is 5.13. The summed E-state index contributed by atoms with van der Waals surface area (Å²) in [7, 11) is -0.268. The van der Waals surface area contributed by atoms with Gasteiger partial charge in [-0.15, -0.1) is 0 Å². The van der Waals surface area contributed by atoms with Crippen LogP contribution in [-0.2, 0) is 4.57 Å². The van der Waals surface area contributed by atoms with Crippen LogP contribution in [0, 0.1) is 0 Å². The van der Waals surface area contributed by atoms with E-state index < -0.39 is 7.14 Å². The molecule has 0 aromatic carbocycles. The van der Waals surface area contributed by atoms with E-state index in [1.807, 2.05) is 33.0 Å². The lowest BCUT2D eigenvalue weighted by Crippen LogP contribution is -2.30. The number of hydrogen-bond acceptors (Lipinski definition) is 3. The Labute approximate surface area is 80.8 Å². The van der Waals surface area contributed by atoms with Gasteiger partial charge < -0.3 is 9.99 Å². The van der Waals surface area contributed by atoms with Gasteiger partial charge in [-0.2, -0.15) is 0 Å². The number of allylic oxidation sites excluding steroid dienone is 2. The Balaban J connectivity index is 0.000000671. The van der Waals surface area contributed by atoms with Crippen LogP contribution < -0.4 is 5.43 Å². The summed E-state index contributed by atoms with van der Waals surface area (Å²) in [6, 6.07) is 0. The van der Waals surface area contributed by atoms with Crippen LogP contribution in [0.2, 0.25) is 0 Å². The maximum atomic E-state index is 11.6. The SMILES string of the molecule is CC.CN1NC=CC=C1P(C)(C)=O. The molecule has 1 aliphatic rings. The molecule has 0 spiro atoms. The Hall–Kier alpha value is -0.690. The predicted molar refractivity (Wildman–Crippen MR) is 58.9 cm³/mol. The van der Waals surface area contributed by atoms with Crippen LogP contribution in [0.3, 0.4) is 0 Å². The molecule has 0 saturated carbocycles.